The van der Waals surface area contributed by atoms with E-state index in [4.69, 9.17) is 10.00 Å². The molecule has 0 aliphatic rings. The zero-order chi connectivity index (χ0) is 14.0. The van der Waals surface area contributed by atoms with Crippen LogP contribution in [0.5, 0.6) is 0 Å². The van der Waals surface area contributed by atoms with E-state index in [0.717, 1.165) is 0 Å². The van der Waals surface area contributed by atoms with Crippen LogP contribution in [0.4, 0.5) is 0 Å². The van der Waals surface area contributed by atoms with Gasteiger partial charge in [0.2, 0.25) is 0 Å². The van der Waals surface area contributed by atoms with Crippen molar-refractivity contribution in [3.05, 3.63) is 24.3 Å². The Morgan fingerprint density at radius 3 is 2.84 bits per heavy atom. The average molecular weight is 260 g/mol. The molecule has 0 saturated carbocycles. The Balaban J connectivity index is 2.25. The first-order valence-corrected chi connectivity index (χ1v) is 5.96. The summed E-state index contributed by atoms with van der Waals surface area (Å²) in [6.45, 7) is 5.88. The molecule has 0 bridgehead atoms. The van der Waals surface area contributed by atoms with Crippen LogP contribution in [0.25, 0.3) is 11.0 Å². The SMILES string of the molecule is CC(C)(C)OC(O)Cn1ccc2c(C#N)ncnc21. The first-order valence-electron chi connectivity index (χ1n) is 5.96. The fourth-order valence-electron chi connectivity index (χ4n) is 1.85. The third kappa shape index (κ3) is 3.08. The highest BCUT2D eigenvalue weighted by Crippen LogP contribution is 2.17. The summed E-state index contributed by atoms with van der Waals surface area (Å²) in [6.07, 6.45) is 2.17. The first kappa shape index (κ1) is 13.5. The van der Waals surface area contributed by atoms with Gasteiger partial charge in [0.05, 0.1) is 17.5 Å². The molecule has 0 fully saturated rings. The van der Waals surface area contributed by atoms with E-state index in [1.807, 2.05) is 26.8 Å². The fourth-order valence-corrected chi connectivity index (χ4v) is 1.85. The smallest absolute Gasteiger partial charge is 0.173 e. The van der Waals surface area contributed by atoms with Crippen molar-refractivity contribution in [1.29, 1.82) is 5.26 Å². The minimum absolute atomic E-state index is 0.253. The number of nitrogens with zero attached hydrogens (tertiary/aromatic N) is 4. The van der Waals surface area contributed by atoms with Gasteiger partial charge in [-0.05, 0) is 26.8 Å². The summed E-state index contributed by atoms with van der Waals surface area (Å²) in [5.74, 6) is 0. The maximum atomic E-state index is 9.89. The number of rotatable bonds is 3. The summed E-state index contributed by atoms with van der Waals surface area (Å²) in [7, 11) is 0. The molecule has 2 rings (SSSR count). The van der Waals surface area contributed by atoms with Crippen molar-refractivity contribution in [3.8, 4) is 6.07 Å². The van der Waals surface area contributed by atoms with E-state index in [9.17, 15) is 5.11 Å². The van der Waals surface area contributed by atoms with Gasteiger partial charge in [0.15, 0.2) is 12.0 Å². The largest absolute Gasteiger partial charge is 0.366 e. The molecule has 2 aromatic rings. The number of aliphatic hydroxyl groups is 1. The number of fused-ring (bicyclic) bond motifs is 1. The number of nitriles is 1. The second kappa shape index (κ2) is 4.96. The van der Waals surface area contributed by atoms with Gasteiger partial charge < -0.3 is 14.4 Å². The predicted molar refractivity (Wildman–Crippen MR) is 69.1 cm³/mol. The molecule has 1 atom stereocenters. The minimum Gasteiger partial charge on any atom is -0.366 e. The molecule has 0 radical (unpaired) electrons. The molecule has 6 heteroatoms. The van der Waals surface area contributed by atoms with Gasteiger partial charge in [-0.2, -0.15) is 5.26 Å². The Labute approximate surface area is 111 Å². The van der Waals surface area contributed by atoms with Crippen LogP contribution < -0.4 is 0 Å². The Bertz CT molecular complexity index is 622. The Kier molecular flexibility index (Phi) is 3.51. The van der Waals surface area contributed by atoms with Gasteiger partial charge in [-0.15, -0.1) is 0 Å². The number of ether oxygens (including phenoxy) is 1. The topological polar surface area (TPSA) is 84.0 Å². The van der Waals surface area contributed by atoms with E-state index in [-0.39, 0.29) is 6.54 Å². The molecule has 6 nitrogen and oxygen atoms in total. The normalized spacial score (nSPS) is 13.4. The lowest BCUT2D eigenvalue weighted by Crippen LogP contribution is -2.30. The predicted octanol–water partition coefficient (Wildman–Crippen LogP) is 1.44. The first-order chi connectivity index (χ1) is 8.90. The summed E-state index contributed by atoms with van der Waals surface area (Å²) < 4.78 is 7.19. The second-order valence-corrected chi connectivity index (χ2v) is 5.22. The Morgan fingerprint density at radius 2 is 2.21 bits per heavy atom. The Morgan fingerprint density at radius 1 is 1.47 bits per heavy atom. The molecule has 0 aliphatic carbocycles. The summed E-state index contributed by atoms with van der Waals surface area (Å²) in [5.41, 5.74) is 0.521. The van der Waals surface area contributed by atoms with Gasteiger partial charge >= 0.3 is 0 Å². The van der Waals surface area contributed by atoms with E-state index in [0.29, 0.717) is 16.7 Å². The van der Waals surface area contributed by atoms with Gasteiger partial charge in [-0.1, -0.05) is 0 Å². The summed E-state index contributed by atoms with van der Waals surface area (Å²) in [4.78, 5) is 8.03. The van der Waals surface area contributed by atoms with E-state index < -0.39 is 11.9 Å². The average Bonchev–Trinajstić information content (AvgIpc) is 2.70. The van der Waals surface area contributed by atoms with Crippen molar-refractivity contribution >= 4 is 11.0 Å². The highest BCUT2D eigenvalue weighted by atomic mass is 16.6. The van der Waals surface area contributed by atoms with Crippen LogP contribution in [-0.4, -0.2) is 31.5 Å². The molecule has 0 aromatic carbocycles. The summed E-state index contributed by atoms with van der Waals surface area (Å²) in [5, 5.41) is 19.5. The molecule has 0 amide bonds. The zero-order valence-electron chi connectivity index (χ0n) is 11.2. The van der Waals surface area contributed by atoms with E-state index in [2.05, 4.69) is 9.97 Å². The second-order valence-electron chi connectivity index (χ2n) is 5.22. The number of aliphatic hydroxyl groups excluding tert-OH is 1. The third-order valence-electron chi connectivity index (χ3n) is 2.50. The lowest BCUT2D eigenvalue weighted by molar-refractivity contribution is -0.171. The number of hydrogen-bond acceptors (Lipinski definition) is 5. The molecule has 2 heterocycles. The van der Waals surface area contributed by atoms with Crippen molar-refractivity contribution in [3.63, 3.8) is 0 Å². The van der Waals surface area contributed by atoms with Gasteiger partial charge in [0, 0.05) is 6.20 Å². The minimum atomic E-state index is -0.934. The van der Waals surface area contributed by atoms with Crippen molar-refractivity contribution < 1.29 is 9.84 Å². The van der Waals surface area contributed by atoms with Crippen molar-refractivity contribution in [1.82, 2.24) is 14.5 Å². The van der Waals surface area contributed by atoms with Crippen molar-refractivity contribution in [2.24, 2.45) is 0 Å². The van der Waals surface area contributed by atoms with Crippen LogP contribution in [0.15, 0.2) is 18.6 Å². The van der Waals surface area contributed by atoms with Crippen LogP contribution >= 0.6 is 0 Å². The molecule has 19 heavy (non-hydrogen) atoms. The van der Waals surface area contributed by atoms with Gasteiger partial charge in [0.1, 0.15) is 18.0 Å². The zero-order valence-corrected chi connectivity index (χ0v) is 11.2. The van der Waals surface area contributed by atoms with Crippen LogP contribution in [-0.2, 0) is 11.3 Å². The summed E-state index contributed by atoms with van der Waals surface area (Å²) in [6, 6.07) is 3.78. The molecular formula is C13H16N4O2. The van der Waals surface area contributed by atoms with Crippen LogP contribution in [0, 0.1) is 11.3 Å². The molecule has 0 saturated heterocycles. The van der Waals surface area contributed by atoms with E-state index in [1.165, 1.54) is 6.33 Å². The monoisotopic (exact) mass is 260 g/mol. The molecule has 100 valence electrons. The van der Waals surface area contributed by atoms with Crippen molar-refractivity contribution in [2.75, 3.05) is 0 Å². The summed E-state index contributed by atoms with van der Waals surface area (Å²) >= 11 is 0. The van der Waals surface area contributed by atoms with Crippen LogP contribution in [0.2, 0.25) is 0 Å². The highest BCUT2D eigenvalue weighted by Gasteiger charge is 2.18. The number of aromatic nitrogens is 3. The van der Waals surface area contributed by atoms with E-state index >= 15 is 0 Å². The maximum absolute atomic E-state index is 9.89. The maximum Gasteiger partial charge on any atom is 0.173 e. The van der Waals surface area contributed by atoms with Gasteiger partial charge in [-0.25, -0.2) is 9.97 Å². The van der Waals surface area contributed by atoms with Gasteiger partial charge in [0.25, 0.3) is 0 Å². The van der Waals surface area contributed by atoms with Crippen molar-refractivity contribution in [2.45, 2.75) is 39.2 Å². The fraction of sp³-hybridized carbons (Fsp3) is 0.462. The standard InChI is InChI=1S/C13H16N4O2/c1-13(2,3)19-11(18)7-17-5-4-9-10(6-14)15-8-16-12(9)17/h4-5,8,11,18H,7H2,1-3H3. The van der Waals surface area contributed by atoms with E-state index in [1.54, 1.807) is 16.8 Å². The molecule has 1 N–H and O–H groups in total. The Hall–Kier alpha value is -1.97. The number of hydrogen-bond donors (Lipinski definition) is 1. The molecule has 0 spiro atoms. The quantitative estimate of drug-likeness (QED) is 0.844. The van der Waals surface area contributed by atoms with Crippen LogP contribution in [0.3, 0.4) is 0 Å². The van der Waals surface area contributed by atoms with Gasteiger partial charge in [-0.3, -0.25) is 0 Å². The molecule has 2 aromatic heterocycles. The third-order valence-corrected chi connectivity index (χ3v) is 2.50. The molecular weight excluding hydrogens is 244 g/mol. The lowest BCUT2D eigenvalue weighted by atomic mass is 10.2. The lowest BCUT2D eigenvalue weighted by Gasteiger charge is -2.24. The highest BCUT2D eigenvalue weighted by molar-refractivity contribution is 5.80. The molecule has 0 aliphatic heterocycles. The molecule has 1 unspecified atom stereocenters. The van der Waals surface area contributed by atoms with Crippen LogP contribution in [0.1, 0.15) is 26.5 Å².